The summed E-state index contributed by atoms with van der Waals surface area (Å²) in [4.78, 5) is 34.9. The molecule has 4 aromatic rings. The number of alkyl halides is 3. The average Bonchev–Trinajstić information content (AvgIpc) is 3.40. The molecule has 6 rings (SSSR count). The highest BCUT2D eigenvalue weighted by molar-refractivity contribution is 6.14. The van der Waals surface area contributed by atoms with Crippen LogP contribution in [0, 0.1) is 0 Å². The third kappa shape index (κ3) is 6.16. The number of nitrogens with zero attached hydrogens (tertiary/aromatic N) is 2. The number of pyridine rings is 1. The third-order valence-corrected chi connectivity index (χ3v) is 8.98. The molecule has 0 saturated carbocycles. The Kier molecular flexibility index (Phi) is 8.95. The molecule has 2 aliphatic rings. The number of benzene rings is 3. The van der Waals surface area contributed by atoms with Crippen LogP contribution in [-0.4, -0.2) is 42.1 Å². The quantitative estimate of drug-likeness (QED) is 0.189. The Morgan fingerprint density at radius 1 is 0.978 bits per heavy atom. The molecule has 0 radical (unpaired) electrons. The molecule has 46 heavy (non-hydrogen) atoms. The number of anilines is 1. The third-order valence-electron chi connectivity index (χ3n) is 8.98. The topological polar surface area (TPSA) is 88.3 Å². The lowest BCUT2D eigenvalue weighted by atomic mass is 9.84. The summed E-state index contributed by atoms with van der Waals surface area (Å²) in [5.41, 5.74) is 13.4. The lowest BCUT2D eigenvalue weighted by molar-refractivity contribution is -0.138. The number of nitrogens with one attached hydrogen (secondary N) is 1. The van der Waals surface area contributed by atoms with Gasteiger partial charge in [0.1, 0.15) is 12.2 Å². The molecule has 1 amide bonds. The number of piperidine rings is 1. The Morgan fingerprint density at radius 3 is 2.48 bits per heavy atom. The van der Waals surface area contributed by atoms with Crippen LogP contribution in [0.15, 0.2) is 79.0 Å². The number of amides is 1. The van der Waals surface area contributed by atoms with Crippen LogP contribution in [0.25, 0.3) is 22.3 Å². The van der Waals surface area contributed by atoms with E-state index >= 15 is 0 Å². The Labute approximate surface area is 266 Å². The van der Waals surface area contributed by atoms with Gasteiger partial charge in [0.05, 0.1) is 17.8 Å². The van der Waals surface area contributed by atoms with Crippen LogP contribution < -0.4 is 16.0 Å². The number of hydrogen-bond donors (Lipinski definition) is 2. The fraction of sp³-hybridized carbons (Fsp3) is 0.324. The van der Waals surface area contributed by atoms with Crippen molar-refractivity contribution in [1.82, 2.24) is 10.3 Å². The summed E-state index contributed by atoms with van der Waals surface area (Å²) in [5, 5.41) is 2.14. The van der Waals surface area contributed by atoms with E-state index in [0.717, 1.165) is 54.4 Å². The summed E-state index contributed by atoms with van der Waals surface area (Å²) < 4.78 is 39.8. The molecule has 1 fully saturated rings. The molecule has 2 atom stereocenters. The van der Waals surface area contributed by atoms with E-state index in [1.54, 1.807) is 24.4 Å². The first-order valence-corrected chi connectivity index (χ1v) is 15.9. The normalized spacial score (nSPS) is 17.4. The van der Waals surface area contributed by atoms with Crippen molar-refractivity contribution in [2.45, 2.75) is 63.7 Å². The van der Waals surface area contributed by atoms with Crippen molar-refractivity contribution in [3.8, 4) is 22.3 Å². The average molecular weight is 627 g/mol. The first kappa shape index (κ1) is 31.5. The number of nitrogens with two attached hydrogens (primary N) is 1. The summed E-state index contributed by atoms with van der Waals surface area (Å²) in [7, 11) is 0. The summed E-state index contributed by atoms with van der Waals surface area (Å²) in [5.74, 6) is -1.94. The van der Waals surface area contributed by atoms with E-state index in [4.69, 9.17) is 5.73 Å². The molecular weight excluding hydrogens is 589 g/mol. The lowest BCUT2D eigenvalue weighted by Gasteiger charge is -2.38. The number of carbonyl (C=O) groups is 2. The van der Waals surface area contributed by atoms with Crippen molar-refractivity contribution < 1.29 is 22.8 Å². The highest BCUT2D eigenvalue weighted by Crippen LogP contribution is 2.51. The van der Waals surface area contributed by atoms with Crippen LogP contribution in [-0.2, 0) is 11.2 Å². The van der Waals surface area contributed by atoms with Crippen molar-refractivity contribution in [3.63, 3.8) is 0 Å². The second-order valence-corrected chi connectivity index (χ2v) is 12.1. The number of ketones is 1. The van der Waals surface area contributed by atoms with Gasteiger partial charge >= 0.3 is 6.18 Å². The lowest BCUT2D eigenvalue weighted by Crippen LogP contribution is -2.47. The molecule has 1 aromatic heterocycles. The maximum Gasteiger partial charge on any atom is 0.405 e. The van der Waals surface area contributed by atoms with Gasteiger partial charge in [0.15, 0.2) is 0 Å². The monoisotopic (exact) mass is 626 g/mol. The number of fused-ring (bicyclic) bond motifs is 3. The van der Waals surface area contributed by atoms with E-state index in [2.05, 4.69) is 22.1 Å². The van der Waals surface area contributed by atoms with E-state index in [-0.39, 0.29) is 17.6 Å². The minimum atomic E-state index is -4.55. The van der Waals surface area contributed by atoms with Gasteiger partial charge in [-0.2, -0.15) is 13.2 Å². The van der Waals surface area contributed by atoms with Gasteiger partial charge < -0.3 is 16.0 Å². The smallest absolute Gasteiger partial charge is 0.355 e. The highest BCUT2D eigenvalue weighted by Gasteiger charge is 2.41. The number of halogens is 3. The zero-order valence-electron chi connectivity index (χ0n) is 25.7. The molecule has 2 heterocycles. The maximum atomic E-state index is 14.6. The van der Waals surface area contributed by atoms with Gasteiger partial charge in [0, 0.05) is 18.3 Å². The number of carbonyl (C=O) groups excluding carboxylic acids is 2. The molecule has 3 N–H and O–H groups in total. The molecule has 6 nitrogen and oxygen atoms in total. The summed E-state index contributed by atoms with van der Waals surface area (Å²) in [6, 6.07) is 22.5. The Bertz CT molecular complexity index is 1760. The Hall–Kier alpha value is -4.50. The standard InChI is InChI=1S/C37H37F3N4O2/c1-2-3-13-27-32-28(25-14-7-8-15-26(25)33(32)36(46)43-22-37(38,39)40)21-29(34(27)44-19-10-9-16-31(44)41)35(45)30-20-24(17-18-42-30)23-11-5-4-6-12-23/h4-8,11-12,14-15,17-18,20-21,31,33H,2-3,9-10,13,16,19,22,41H2,1H3,(H,43,46). The predicted octanol–water partition coefficient (Wildman–Crippen LogP) is 7.39. The van der Waals surface area contributed by atoms with Crippen LogP contribution in [0.1, 0.15) is 77.7 Å². The van der Waals surface area contributed by atoms with Crippen molar-refractivity contribution >= 4 is 17.4 Å². The largest absolute Gasteiger partial charge is 0.405 e. The molecule has 3 aromatic carbocycles. The Balaban J connectivity index is 1.58. The molecule has 9 heteroatoms. The van der Waals surface area contributed by atoms with Crippen molar-refractivity contribution in [2.75, 3.05) is 18.0 Å². The van der Waals surface area contributed by atoms with E-state index in [0.29, 0.717) is 40.9 Å². The van der Waals surface area contributed by atoms with Crippen molar-refractivity contribution in [2.24, 2.45) is 5.73 Å². The van der Waals surface area contributed by atoms with Gasteiger partial charge in [-0.15, -0.1) is 0 Å². The number of rotatable bonds is 9. The molecule has 238 valence electrons. The SMILES string of the molecule is CCCCc1c2c(cc(C(=O)c3cc(-c4ccccc4)ccn3)c1N1CCCCC1N)-c1ccccc1C2C(=O)NCC(F)(F)F. The van der Waals surface area contributed by atoms with Crippen LogP contribution >= 0.6 is 0 Å². The van der Waals surface area contributed by atoms with E-state index in [1.165, 1.54) is 0 Å². The highest BCUT2D eigenvalue weighted by atomic mass is 19.4. The van der Waals surface area contributed by atoms with E-state index in [9.17, 15) is 22.8 Å². The fourth-order valence-corrected chi connectivity index (χ4v) is 6.85. The summed E-state index contributed by atoms with van der Waals surface area (Å²) in [6.45, 7) is 1.26. The fourth-order valence-electron chi connectivity index (χ4n) is 6.85. The summed E-state index contributed by atoms with van der Waals surface area (Å²) in [6.07, 6.45) is 1.42. The molecule has 1 saturated heterocycles. The van der Waals surface area contributed by atoms with Gasteiger partial charge in [0.2, 0.25) is 11.7 Å². The van der Waals surface area contributed by atoms with Gasteiger partial charge in [-0.25, -0.2) is 0 Å². The zero-order valence-corrected chi connectivity index (χ0v) is 25.7. The van der Waals surface area contributed by atoms with Crippen molar-refractivity contribution in [1.29, 1.82) is 0 Å². The number of hydrogen-bond acceptors (Lipinski definition) is 5. The van der Waals surface area contributed by atoms with Crippen LogP contribution in [0.4, 0.5) is 18.9 Å². The van der Waals surface area contributed by atoms with E-state index < -0.39 is 24.5 Å². The molecule has 1 aliphatic heterocycles. The van der Waals surface area contributed by atoms with Gasteiger partial charge in [-0.05, 0) is 89.2 Å². The minimum absolute atomic E-state index is 0.270. The predicted molar refractivity (Wildman–Crippen MR) is 174 cm³/mol. The number of unbranched alkanes of at least 4 members (excludes halogenated alkanes) is 1. The van der Waals surface area contributed by atoms with Gasteiger partial charge in [-0.1, -0.05) is 67.9 Å². The number of aromatic nitrogens is 1. The molecule has 2 unspecified atom stereocenters. The Morgan fingerprint density at radius 2 is 1.74 bits per heavy atom. The van der Waals surface area contributed by atoms with Crippen LogP contribution in [0.3, 0.4) is 0 Å². The van der Waals surface area contributed by atoms with Gasteiger partial charge in [0.25, 0.3) is 0 Å². The van der Waals surface area contributed by atoms with Gasteiger partial charge in [-0.3, -0.25) is 14.6 Å². The minimum Gasteiger partial charge on any atom is -0.355 e. The zero-order chi connectivity index (χ0) is 32.4. The first-order chi connectivity index (χ1) is 22.2. The molecule has 1 aliphatic carbocycles. The van der Waals surface area contributed by atoms with Crippen molar-refractivity contribution in [3.05, 3.63) is 107 Å². The molecule has 0 bridgehead atoms. The van der Waals surface area contributed by atoms with Crippen LogP contribution in [0.5, 0.6) is 0 Å². The maximum absolute atomic E-state index is 14.6. The molecule has 0 spiro atoms. The van der Waals surface area contributed by atoms with Crippen LogP contribution in [0.2, 0.25) is 0 Å². The summed E-state index contributed by atoms with van der Waals surface area (Å²) >= 11 is 0. The first-order valence-electron chi connectivity index (χ1n) is 15.9. The second kappa shape index (κ2) is 13.1. The molecular formula is C37H37F3N4O2. The second-order valence-electron chi connectivity index (χ2n) is 12.1. The van der Waals surface area contributed by atoms with E-state index in [1.807, 2.05) is 54.6 Å².